The third-order valence-corrected chi connectivity index (χ3v) is 3.99. The zero-order valence-corrected chi connectivity index (χ0v) is 15.9. The molecule has 3 aromatic rings. The molecule has 4 nitrogen and oxygen atoms in total. The van der Waals surface area contributed by atoms with Gasteiger partial charge in [0.15, 0.2) is 12.4 Å². The van der Waals surface area contributed by atoms with E-state index in [2.05, 4.69) is 5.32 Å². The number of carbonyl (C=O) groups excluding carboxylic acids is 1. The lowest BCUT2D eigenvalue weighted by Gasteiger charge is -2.13. The highest BCUT2D eigenvalue weighted by Gasteiger charge is 2.11. The van der Waals surface area contributed by atoms with E-state index in [1.807, 2.05) is 62.4 Å². The number of hydrogen-bond donors (Lipinski definition) is 1. The van der Waals surface area contributed by atoms with Gasteiger partial charge in [0.25, 0.3) is 5.91 Å². The van der Waals surface area contributed by atoms with Gasteiger partial charge in [-0.15, -0.1) is 0 Å². The molecule has 1 amide bonds. The molecule has 0 saturated carbocycles. The van der Waals surface area contributed by atoms with Crippen molar-refractivity contribution in [3.8, 4) is 17.2 Å². The second-order valence-corrected chi connectivity index (χ2v) is 6.65. The zero-order chi connectivity index (χ0) is 19.2. The van der Waals surface area contributed by atoms with Crippen LogP contribution in [0.15, 0.2) is 66.7 Å². The summed E-state index contributed by atoms with van der Waals surface area (Å²) in [7, 11) is 0. The van der Waals surface area contributed by atoms with Crippen LogP contribution in [0.2, 0.25) is 5.02 Å². The van der Waals surface area contributed by atoms with Gasteiger partial charge in [-0.1, -0.05) is 35.9 Å². The highest BCUT2D eigenvalue weighted by atomic mass is 35.5. The van der Waals surface area contributed by atoms with Crippen molar-refractivity contribution in [3.63, 3.8) is 0 Å². The van der Waals surface area contributed by atoms with E-state index in [4.69, 9.17) is 21.1 Å². The van der Waals surface area contributed by atoms with Crippen molar-refractivity contribution in [1.82, 2.24) is 0 Å². The van der Waals surface area contributed by atoms with Crippen LogP contribution in [-0.4, -0.2) is 12.5 Å². The molecule has 27 heavy (non-hydrogen) atoms. The monoisotopic (exact) mass is 381 g/mol. The maximum Gasteiger partial charge on any atom is 0.262 e. The Labute approximate surface area is 163 Å². The number of amides is 1. The molecule has 0 aliphatic rings. The van der Waals surface area contributed by atoms with E-state index in [0.29, 0.717) is 28.0 Å². The number of hydrogen-bond acceptors (Lipinski definition) is 3. The summed E-state index contributed by atoms with van der Waals surface area (Å²) in [5, 5.41) is 3.30. The van der Waals surface area contributed by atoms with E-state index in [0.717, 1.165) is 11.1 Å². The van der Waals surface area contributed by atoms with Gasteiger partial charge >= 0.3 is 0 Å². The molecule has 0 aliphatic carbocycles. The fourth-order valence-electron chi connectivity index (χ4n) is 2.66. The maximum atomic E-state index is 12.3. The second kappa shape index (κ2) is 8.60. The van der Waals surface area contributed by atoms with Crippen molar-refractivity contribution in [2.75, 3.05) is 11.9 Å². The lowest BCUT2D eigenvalue weighted by molar-refractivity contribution is -0.118. The predicted molar refractivity (Wildman–Crippen MR) is 108 cm³/mol. The van der Waals surface area contributed by atoms with E-state index < -0.39 is 0 Å². The number of rotatable bonds is 6. The molecular formula is C22H20ClNO3. The number of benzene rings is 3. The van der Waals surface area contributed by atoms with Gasteiger partial charge in [0.2, 0.25) is 0 Å². The Balaban J connectivity index is 1.68. The molecule has 0 bridgehead atoms. The van der Waals surface area contributed by atoms with Crippen molar-refractivity contribution in [2.24, 2.45) is 0 Å². The normalized spacial score (nSPS) is 10.3. The van der Waals surface area contributed by atoms with Crippen LogP contribution in [0.4, 0.5) is 5.69 Å². The third kappa shape index (κ3) is 5.50. The molecule has 0 aromatic heterocycles. The molecule has 0 saturated heterocycles. The van der Waals surface area contributed by atoms with E-state index >= 15 is 0 Å². The smallest absolute Gasteiger partial charge is 0.262 e. The first-order valence-electron chi connectivity index (χ1n) is 8.53. The fraction of sp³-hybridized carbons (Fsp3) is 0.136. The first-order valence-corrected chi connectivity index (χ1v) is 8.91. The average molecular weight is 382 g/mol. The standard InChI is InChI=1S/C22H20ClNO3/c1-15-10-16(2)12-19(11-15)26-14-22(25)24-20-13-17(23)8-9-21(20)27-18-6-4-3-5-7-18/h3-13H,14H2,1-2H3,(H,24,25). The predicted octanol–water partition coefficient (Wildman–Crippen LogP) is 5.77. The van der Waals surface area contributed by atoms with Crippen LogP contribution in [0.1, 0.15) is 11.1 Å². The molecule has 0 radical (unpaired) electrons. The Morgan fingerprint density at radius 3 is 2.33 bits per heavy atom. The van der Waals surface area contributed by atoms with Crippen LogP contribution in [0.3, 0.4) is 0 Å². The van der Waals surface area contributed by atoms with Crippen molar-refractivity contribution in [1.29, 1.82) is 0 Å². The molecule has 0 unspecified atom stereocenters. The minimum absolute atomic E-state index is 0.111. The van der Waals surface area contributed by atoms with Crippen LogP contribution >= 0.6 is 11.6 Å². The van der Waals surface area contributed by atoms with Crippen molar-refractivity contribution in [3.05, 3.63) is 82.9 Å². The number of para-hydroxylation sites is 1. The molecule has 0 fully saturated rings. The molecule has 138 valence electrons. The average Bonchev–Trinajstić information content (AvgIpc) is 2.62. The lowest BCUT2D eigenvalue weighted by Crippen LogP contribution is -2.20. The molecule has 0 spiro atoms. The van der Waals surface area contributed by atoms with Crippen LogP contribution in [0.5, 0.6) is 17.2 Å². The Morgan fingerprint density at radius 2 is 1.63 bits per heavy atom. The lowest BCUT2D eigenvalue weighted by atomic mass is 10.1. The molecule has 5 heteroatoms. The number of halogens is 1. The summed E-state index contributed by atoms with van der Waals surface area (Å²) < 4.78 is 11.4. The van der Waals surface area contributed by atoms with Gasteiger partial charge in [-0.3, -0.25) is 4.79 Å². The number of anilines is 1. The zero-order valence-electron chi connectivity index (χ0n) is 15.2. The Hall–Kier alpha value is -2.98. The molecule has 3 rings (SSSR count). The number of carbonyl (C=O) groups is 1. The second-order valence-electron chi connectivity index (χ2n) is 6.22. The highest BCUT2D eigenvalue weighted by Crippen LogP contribution is 2.32. The van der Waals surface area contributed by atoms with E-state index in [1.165, 1.54) is 0 Å². The van der Waals surface area contributed by atoms with Crippen LogP contribution in [-0.2, 0) is 4.79 Å². The summed E-state index contributed by atoms with van der Waals surface area (Å²) in [6.45, 7) is 3.86. The summed E-state index contributed by atoms with van der Waals surface area (Å²) in [5.74, 6) is 1.54. The first-order chi connectivity index (χ1) is 13.0. The first kappa shape index (κ1) is 18.8. The van der Waals surface area contributed by atoms with Crippen molar-refractivity contribution >= 4 is 23.2 Å². The van der Waals surface area contributed by atoms with Gasteiger partial charge in [-0.2, -0.15) is 0 Å². The summed E-state index contributed by atoms with van der Waals surface area (Å²) in [6, 6.07) is 20.2. The largest absolute Gasteiger partial charge is 0.484 e. The highest BCUT2D eigenvalue weighted by molar-refractivity contribution is 6.31. The molecule has 0 heterocycles. The molecule has 1 N–H and O–H groups in total. The van der Waals surface area contributed by atoms with Gasteiger partial charge in [0.05, 0.1) is 5.69 Å². The van der Waals surface area contributed by atoms with Gasteiger partial charge in [0.1, 0.15) is 11.5 Å². The fourth-order valence-corrected chi connectivity index (χ4v) is 2.83. The summed E-state index contributed by atoms with van der Waals surface area (Å²) >= 11 is 6.07. The van der Waals surface area contributed by atoms with Crippen LogP contribution in [0.25, 0.3) is 0 Å². The SMILES string of the molecule is Cc1cc(C)cc(OCC(=O)Nc2cc(Cl)ccc2Oc2ccccc2)c1. The summed E-state index contributed by atoms with van der Waals surface area (Å²) in [5.41, 5.74) is 2.65. The van der Waals surface area contributed by atoms with Gasteiger partial charge in [-0.05, 0) is 67.4 Å². The quantitative estimate of drug-likeness (QED) is 0.589. The van der Waals surface area contributed by atoms with Crippen molar-refractivity contribution in [2.45, 2.75) is 13.8 Å². The van der Waals surface area contributed by atoms with E-state index in [-0.39, 0.29) is 12.5 Å². The van der Waals surface area contributed by atoms with Gasteiger partial charge in [0, 0.05) is 5.02 Å². The molecular weight excluding hydrogens is 362 g/mol. The minimum Gasteiger partial charge on any atom is -0.484 e. The number of ether oxygens (including phenoxy) is 2. The van der Waals surface area contributed by atoms with Crippen molar-refractivity contribution < 1.29 is 14.3 Å². The molecule has 0 aliphatic heterocycles. The van der Waals surface area contributed by atoms with Crippen LogP contribution in [0, 0.1) is 13.8 Å². The maximum absolute atomic E-state index is 12.3. The van der Waals surface area contributed by atoms with E-state index in [1.54, 1.807) is 18.2 Å². The number of nitrogens with one attached hydrogen (secondary N) is 1. The Bertz CT molecular complexity index is 921. The topological polar surface area (TPSA) is 47.6 Å². The summed E-state index contributed by atoms with van der Waals surface area (Å²) in [4.78, 5) is 12.3. The molecule has 0 atom stereocenters. The third-order valence-electron chi connectivity index (χ3n) is 3.75. The number of aryl methyl sites for hydroxylation is 2. The Kier molecular flexibility index (Phi) is 5.99. The van der Waals surface area contributed by atoms with Gasteiger partial charge < -0.3 is 14.8 Å². The van der Waals surface area contributed by atoms with Gasteiger partial charge in [-0.25, -0.2) is 0 Å². The summed E-state index contributed by atoms with van der Waals surface area (Å²) in [6.07, 6.45) is 0. The Morgan fingerprint density at radius 1 is 0.926 bits per heavy atom. The molecule has 3 aromatic carbocycles. The minimum atomic E-state index is -0.297. The van der Waals surface area contributed by atoms with E-state index in [9.17, 15) is 4.79 Å². The van der Waals surface area contributed by atoms with Crippen LogP contribution < -0.4 is 14.8 Å².